The molecule has 2 rings (SSSR count). The van der Waals surface area contributed by atoms with Crippen LogP contribution in [-0.2, 0) is 5.54 Å². The predicted octanol–water partition coefficient (Wildman–Crippen LogP) is 4.82. The molecule has 0 fully saturated rings. The molecule has 0 radical (unpaired) electrons. The number of pyridine rings is 1. The molecule has 1 aromatic carbocycles. The van der Waals surface area contributed by atoms with Crippen LogP contribution in [0.5, 0.6) is 0 Å². The highest BCUT2D eigenvalue weighted by molar-refractivity contribution is 7.71. The van der Waals surface area contributed by atoms with E-state index in [0.717, 1.165) is 11.1 Å². The van der Waals surface area contributed by atoms with Crippen LogP contribution in [0.15, 0.2) is 30.5 Å². The van der Waals surface area contributed by atoms with Gasteiger partial charge in [-0.05, 0) is 38.6 Å². The molecule has 0 aliphatic carbocycles. The number of nitrogens with zero attached hydrogens (tertiary/aromatic N) is 1. The first-order valence-electron chi connectivity index (χ1n) is 6.08. The average molecular weight is 245 g/mol. The summed E-state index contributed by atoms with van der Waals surface area (Å²) in [5.74, 6) is 0. The minimum Gasteiger partial charge on any atom is -0.333 e. The zero-order valence-electron chi connectivity index (χ0n) is 10.9. The molecule has 17 heavy (non-hydrogen) atoms. The quantitative estimate of drug-likeness (QED) is 0.686. The molecular weight excluding hydrogens is 226 g/mol. The number of rotatable bonds is 2. The molecule has 0 saturated heterocycles. The first-order chi connectivity index (χ1) is 7.95. The minimum absolute atomic E-state index is 0.0795. The van der Waals surface area contributed by atoms with E-state index in [-0.39, 0.29) is 5.54 Å². The lowest BCUT2D eigenvalue weighted by atomic mass is 10.0. The summed E-state index contributed by atoms with van der Waals surface area (Å²) < 4.78 is 3.15. The second-order valence-corrected chi connectivity index (χ2v) is 5.63. The maximum atomic E-state index is 5.61. The summed E-state index contributed by atoms with van der Waals surface area (Å²) in [6.07, 6.45) is 3.19. The highest BCUT2D eigenvalue weighted by atomic mass is 32.1. The standard InChI is InChI=1S/C15H19NS/c1-5-15(3,4)16-9-8-12-10-11(2)6-7-13(12)14(16)17/h6-10H,5H2,1-4H3. The van der Waals surface area contributed by atoms with Gasteiger partial charge in [0.1, 0.15) is 4.64 Å². The maximum Gasteiger partial charge on any atom is 0.114 e. The highest BCUT2D eigenvalue weighted by Gasteiger charge is 2.17. The number of hydrogen-bond acceptors (Lipinski definition) is 1. The van der Waals surface area contributed by atoms with E-state index in [0.29, 0.717) is 0 Å². The van der Waals surface area contributed by atoms with E-state index in [9.17, 15) is 0 Å². The normalized spacial score (nSPS) is 12.0. The van der Waals surface area contributed by atoms with Crippen molar-refractivity contribution in [3.05, 3.63) is 40.7 Å². The van der Waals surface area contributed by atoms with Crippen molar-refractivity contribution in [2.24, 2.45) is 0 Å². The van der Waals surface area contributed by atoms with Crippen LogP contribution in [0.2, 0.25) is 0 Å². The van der Waals surface area contributed by atoms with Gasteiger partial charge in [-0.2, -0.15) is 0 Å². The molecule has 0 aliphatic heterocycles. The molecule has 0 bridgehead atoms. The topological polar surface area (TPSA) is 4.93 Å². The van der Waals surface area contributed by atoms with Crippen molar-refractivity contribution in [1.82, 2.24) is 4.57 Å². The zero-order valence-corrected chi connectivity index (χ0v) is 11.8. The number of hydrogen-bond donors (Lipinski definition) is 0. The van der Waals surface area contributed by atoms with Gasteiger partial charge < -0.3 is 4.57 Å². The first-order valence-corrected chi connectivity index (χ1v) is 6.49. The van der Waals surface area contributed by atoms with Gasteiger partial charge in [0, 0.05) is 17.1 Å². The van der Waals surface area contributed by atoms with Gasteiger partial charge in [-0.1, -0.05) is 42.9 Å². The molecule has 1 aromatic heterocycles. The first kappa shape index (κ1) is 12.3. The summed E-state index contributed by atoms with van der Waals surface area (Å²) in [6.45, 7) is 8.76. The lowest BCUT2D eigenvalue weighted by Gasteiger charge is -2.27. The molecule has 2 heteroatoms. The van der Waals surface area contributed by atoms with E-state index < -0.39 is 0 Å². The van der Waals surface area contributed by atoms with E-state index in [4.69, 9.17) is 12.2 Å². The van der Waals surface area contributed by atoms with Gasteiger partial charge in [-0.25, -0.2) is 0 Å². The van der Waals surface area contributed by atoms with Crippen LogP contribution in [0.1, 0.15) is 32.8 Å². The van der Waals surface area contributed by atoms with Gasteiger partial charge in [-0.3, -0.25) is 0 Å². The Morgan fingerprint density at radius 3 is 2.59 bits per heavy atom. The third-order valence-corrected chi connectivity index (χ3v) is 3.99. The van der Waals surface area contributed by atoms with E-state index in [1.165, 1.54) is 16.3 Å². The van der Waals surface area contributed by atoms with Gasteiger partial charge >= 0.3 is 0 Å². The second-order valence-electron chi connectivity index (χ2n) is 5.25. The van der Waals surface area contributed by atoms with Crippen molar-refractivity contribution in [3.8, 4) is 0 Å². The molecule has 0 aliphatic rings. The Hall–Kier alpha value is -1.15. The highest BCUT2D eigenvalue weighted by Crippen LogP contribution is 2.24. The molecular formula is C15H19NS. The average Bonchev–Trinajstić information content (AvgIpc) is 2.28. The van der Waals surface area contributed by atoms with Crippen LogP contribution in [0.25, 0.3) is 10.8 Å². The summed E-state index contributed by atoms with van der Waals surface area (Å²) >= 11 is 5.61. The number of aryl methyl sites for hydroxylation is 1. The fraction of sp³-hybridized carbons (Fsp3) is 0.400. The largest absolute Gasteiger partial charge is 0.333 e. The molecule has 0 N–H and O–H groups in total. The Balaban J connectivity index is 2.75. The van der Waals surface area contributed by atoms with Gasteiger partial charge in [0.2, 0.25) is 0 Å². The summed E-state index contributed by atoms with van der Waals surface area (Å²) in [7, 11) is 0. The fourth-order valence-corrected chi connectivity index (χ4v) is 2.51. The minimum atomic E-state index is 0.0795. The van der Waals surface area contributed by atoms with E-state index in [2.05, 4.69) is 62.7 Å². The van der Waals surface area contributed by atoms with Crippen LogP contribution in [0.3, 0.4) is 0 Å². The number of aromatic nitrogens is 1. The van der Waals surface area contributed by atoms with Crippen molar-refractivity contribution >= 4 is 23.0 Å². The molecule has 90 valence electrons. The van der Waals surface area contributed by atoms with Crippen LogP contribution in [0.4, 0.5) is 0 Å². The molecule has 0 saturated carbocycles. The predicted molar refractivity (Wildman–Crippen MR) is 77.1 cm³/mol. The van der Waals surface area contributed by atoms with E-state index in [1.54, 1.807) is 0 Å². The lowest BCUT2D eigenvalue weighted by Crippen LogP contribution is -2.25. The van der Waals surface area contributed by atoms with Crippen LogP contribution in [0, 0.1) is 11.6 Å². The fourth-order valence-electron chi connectivity index (χ4n) is 2.01. The Kier molecular flexibility index (Phi) is 3.09. The van der Waals surface area contributed by atoms with Crippen molar-refractivity contribution in [3.63, 3.8) is 0 Å². The molecule has 0 spiro atoms. The van der Waals surface area contributed by atoms with Crippen molar-refractivity contribution < 1.29 is 0 Å². The molecule has 1 heterocycles. The molecule has 0 amide bonds. The Morgan fingerprint density at radius 2 is 1.94 bits per heavy atom. The number of benzene rings is 1. The van der Waals surface area contributed by atoms with Crippen molar-refractivity contribution in [2.45, 2.75) is 39.7 Å². The smallest absolute Gasteiger partial charge is 0.114 e. The third-order valence-electron chi connectivity index (χ3n) is 3.58. The Labute approximate surface area is 108 Å². The van der Waals surface area contributed by atoms with Crippen molar-refractivity contribution in [2.75, 3.05) is 0 Å². The van der Waals surface area contributed by atoms with Crippen molar-refractivity contribution in [1.29, 1.82) is 0 Å². The zero-order chi connectivity index (χ0) is 12.6. The lowest BCUT2D eigenvalue weighted by molar-refractivity contribution is 0.338. The molecule has 0 unspecified atom stereocenters. The summed E-state index contributed by atoms with van der Waals surface area (Å²) in [4.78, 5) is 0. The molecule has 1 nitrogen and oxygen atoms in total. The molecule has 2 aromatic rings. The Bertz CT molecular complexity index is 608. The SMILES string of the molecule is CCC(C)(C)n1ccc2cc(C)ccc2c1=S. The van der Waals surface area contributed by atoms with E-state index in [1.807, 2.05) is 0 Å². The summed E-state index contributed by atoms with van der Waals surface area (Å²) in [5.41, 5.74) is 1.36. The summed E-state index contributed by atoms with van der Waals surface area (Å²) in [6, 6.07) is 8.61. The number of fused-ring (bicyclic) bond motifs is 1. The Morgan fingerprint density at radius 1 is 1.24 bits per heavy atom. The van der Waals surface area contributed by atoms with Crippen LogP contribution < -0.4 is 0 Å². The molecule has 0 atom stereocenters. The van der Waals surface area contributed by atoms with Gasteiger partial charge in [0.05, 0.1) is 0 Å². The van der Waals surface area contributed by atoms with Gasteiger partial charge in [0.25, 0.3) is 0 Å². The van der Waals surface area contributed by atoms with E-state index >= 15 is 0 Å². The summed E-state index contributed by atoms with van der Waals surface area (Å²) in [5, 5.41) is 2.41. The van der Waals surface area contributed by atoms with Crippen LogP contribution in [-0.4, -0.2) is 4.57 Å². The maximum absolute atomic E-state index is 5.61. The monoisotopic (exact) mass is 245 g/mol. The van der Waals surface area contributed by atoms with Gasteiger partial charge in [-0.15, -0.1) is 0 Å². The second kappa shape index (κ2) is 4.26. The van der Waals surface area contributed by atoms with Gasteiger partial charge in [0.15, 0.2) is 0 Å². The van der Waals surface area contributed by atoms with Crippen LogP contribution >= 0.6 is 12.2 Å². The third kappa shape index (κ3) is 2.14.